The van der Waals surface area contributed by atoms with Crippen molar-refractivity contribution in [1.82, 2.24) is 19.2 Å². The third kappa shape index (κ3) is 3.94. The molecule has 9 heteroatoms. The highest BCUT2D eigenvalue weighted by atomic mass is 32.2. The highest BCUT2D eigenvalue weighted by molar-refractivity contribution is 7.89. The summed E-state index contributed by atoms with van der Waals surface area (Å²) in [7, 11) is -3.57. The van der Waals surface area contributed by atoms with E-state index in [2.05, 4.69) is 10.3 Å². The zero-order valence-corrected chi connectivity index (χ0v) is 15.8. The lowest BCUT2D eigenvalue weighted by molar-refractivity contribution is 0.0953. The zero-order valence-electron chi connectivity index (χ0n) is 14.1. The number of rotatable bonds is 7. The van der Waals surface area contributed by atoms with Gasteiger partial charge in [0.2, 0.25) is 10.0 Å². The Morgan fingerprint density at radius 1 is 1.36 bits per heavy atom. The second-order valence-corrected chi connectivity index (χ2v) is 8.82. The number of nitrogens with one attached hydrogen (secondary N) is 1. The second kappa shape index (κ2) is 7.67. The summed E-state index contributed by atoms with van der Waals surface area (Å²) >= 11 is 1.17. The number of aryl methyl sites for hydroxylation is 2. The maximum atomic E-state index is 12.7. The van der Waals surface area contributed by atoms with Crippen LogP contribution in [0.4, 0.5) is 0 Å². The van der Waals surface area contributed by atoms with Crippen molar-refractivity contribution >= 4 is 27.3 Å². The lowest BCUT2D eigenvalue weighted by Crippen LogP contribution is -2.31. The standard InChI is InChI=1S/C16H22N4O3S2/c1-13-17-7-11-19(13)8-4-6-18-16(21)15-14(5-12-24-15)25(22,23)20-9-2-3-10-20/h5,7,11-12H,2-4,6,8-10H2,1H3,(H,18,21). The molecule has 2 aromatic rings. The van der Waals surface area contributed by atoms with E-state index in [-0.39, 0.29) is 15.7 Å². The molecule has 1 N–H and O–H groups in total. The molecule has 0 spiro atoms. The highest BCUT2D eigenvalue weighted by Gasteiger charge is 2.31. The molecule has 0 aromatic carbocycles. The van der Waals surface area contributed by atoms with Crippen molar-refractivity contribution in [3.8, 4) is 0 Å². The van der Waals surface area contributed by atoms with Gasteiger partial charge in [0.05, 0.1) is 0 Å². The van der Waals surface area contributed by atoms with Crippen LogP contribution in [-0.4, -0.2) is 47.8 Å². The SMILES string of the molecule is Cc1nccn1CCCNC(=O)c1sccc1S(=O)(=O)N1CCCC1. The number of amides is 1. The van der Waals surface area contributed by atoms with Crippen molar-refractivity contribution in [1.29, 1.82) is 0 Å². The molecule has 25 heavy (non-hydrogen) atoms. The summed E-state index contributed by atoms with van der Waals surface area (Å²) in [5.74, 6) is 0.610. The molecule has 0 radical (unpaired) electrons. The van der Waals surface area contributed by atoms with Crippen LogP contribution in [0.3, 0.4) is 0 Å². The Labute approximate surface area is 151 Å². The summed E-state index contributed by atoms with van der Waals surface area (Å²) in [5.41, 5.74) is 0. The Bertz CT molecular complexity index is 835. The van der Waals surface area contributed by atoms with E-state index in [1.165, 1.54) is 21.7 Å². The number of aromatic nitrogens is 2. The molecule has 0 bridgehead atoms. The first-order valence-corrected chi connectivity index (χ1v) is 10.7. The molecule has 1 amide bonds. The monoisotopic (exact) mass is 382 g/mol. The normalized spacial score (nSPS) is 15.6. The smallest absolute Gasteiger partial charge is 0.262 e. The van der Waals surface area contributed by atoms with Crippen LogP contribution in [-0.2, 0) is 16.6 Å². The summed E-state index contributed by atoms with van der Waals surface area (Å²) in [6.45, 7) is 4.24. The summed E-state index contributed by atoms with van der Waals surface area (Å²) in [5, 5.41) is 4.48. The van der Waals surface area contributed by atoms with Crippen molar-refractivity contribution in [2.45, 2.75) is 37.6 Å². The minimum Gasteiger partial charge on any atom is -0.351 e. The van der Waals surface area contributed by atoms with Gasteiger partial charge in [-0.15, -0.1) is 11.3 Å². The van der Waals surface area contributed by atoms with Crippen LogP contribution in [0.25, 0.3) is 0 Å². The fourth-order valence-electron chi connectivity index (χ4n) is 2.91. The van der Waals surface area contributed by atoms with E-state index in [1.54, 1.807) is 11.6 Å². The number of nitrogens with zero attached hydrogens (tertiary/aromatic N) is 3. The van der Waals surface area contributed by atoms with Gasteiger partial charge >= 0.3 is 0 Å². The Morgan fingerprint density at radius 2 is 2.12 bits per heavy atom. The maximum absolute atomic E-state index is 12.7. The van der Waals surface area contributed by atoms with E-state index in [0.29, 0.717) is 19.6 Å². The van der Waals surface area contributed by atoms with Gasteiger partial charge in [0.1, 0.15) is 15.6 Å². The largest absolute Gasteiger partial charge is 0.351 e. The molecule has 2 aromatic heterocycles. The molecule has 0 aliphatic carbocycles. The van der Waals surface area contributed by atoms with E-state index in [9.17, 15) is 13.2 Å². The molecule has 7 nitrogen and oxygen atoms in total. The molecule has 136 valence electrons. The van der Waals surface area contributed by atoms with Crippen LogP contribution in [0.1, 0.15) is 34.8 Å². The Hall–Kier alpha value is -1.71. The van der Waals surface area contributed by atoms with Gasteiger partial charge in [-0.05, 0) is 37.6 Å². The highest BCUT2D eigenvalue weighted by Crippen LogP contribution is 2.27. The van der Waals surface area contributed by atoms with E-state index < -0.39 is 10.0 Å². The van der Waals surface area contributed by atoms with Crippen LogP contribution in [0, 0.1) is 6.92 Å². The van der Waals surface area contributed by atoms with Crippen molar-refractivity contribution in [3.05, 3.63) is 34.5 Å². The number of carbonyl (C=O) groups is 1. The zero-order chi connectivity index (χ0) is 17.9. The third-order valence-electron chi connectivity index (χ3n) is 4.30. The second-order valence-electron chi connectivity index (χ2n) is 6.00. The van der Waals surface area contributed by atoms with E-state index in [1.807, 2.05) is 17.7 Å². The van der Waals surface area contributed by atoms with Gasteiger partial charge < -0.3 is 9.88 Å². The first kappa shape index (κ1) is 18.1. The molecule has 0 atom stereocenters. The lowest BCUT2D eigenvalue weighted by atomic mass is 10.4. The van der Waals surface area contributed by atoms with E-state index in [0.717, 1.165) is 31.6 Å². The number of sulfonamides is 1. The van der Waals surface area contributed by atoms with Crippen LogP contribution in [0.5, 0.6) is 0 Å². The summed E-state index contributed by atoms with van der Waals surface area (Å²) in [6.07, 6.45) is 6.14. The van der Waals surface area contributed by atoms with Crippen molar-refractivity contribution in [3.63, 3.8) is 0 Å². The van der Waals surface area contributed by atoms with Gasteiger partial charge in [-0.3, -0.25) is 4.79 Å². The van der Waals surface area contributed by atoms with E-state index >= 15 is 0 Å². The first-order chi connectivity index (χ1) is 12.0. The fraction of sp³-hybridized carbons (Fsp3) is 0.500. The molecular formula is C16H22N4O3S2. The Kier molecular flexibility index (Phi) is 5.55. The van der Waals surface area contributed by atoms with Crippen LogP contribution in [0.2, 0.25) is 0 Å². The van der Waals surface area contributed by atoms with Crippen LogP contribution in [0.15, 0.2) is 28.7 Å². The average Bonchev–Trinajstić information content (AvgIpc) is 3.32. The minimum absolute atomic E-state index is 0.127. The summed E-state index contributed by atoms with van der Waals surface area (Å²) in [6, 6.07) is 1.53. The Balaban J connectivity index is 1.60. The molecule has 1 aliphatic heterocycles. The van der Waals surface area contributed by atoms with Crippen LogP contribution < -0.4 is 5.32 Å². The van der Waals surface area contributed by atoms with Gasteiger partial charge in [0, 0.05) is 38.6 Å². The van der Waals surface area contributed by atoms with Gasteiger partial charge in [0.15, 0.2) is 0 Å². The first-order valence-electron chi connectivity index (χ1n) is 8.34. The van der Waals surface area contributed by atoms with Gasteiger partial charge in [0.25, 0.3) is 5.91 Å². The van der Waals surface area contributed by atoms with Crippen LogP contribution >= 0.6 is 11.3 Å². The van der Waals surface area contributed by atoms with E-state index in [4.69, 9.17) is 0 Å². The molecule has 0 saturated carbocycles. The fourth-order valence-corrected chi connectivity index (χ4v) is 5.74. The molecule has 1 saturated heterocycles. The quantitative estimate of drug-likeness (QED) is 0.741. The van der Waals surface area contributed by atoms with Gasteiger partial charge in [-0.2, -0.15) is 4.31 Å². The van der Waals surface area contributed by atoms with Crippen molar-refractivity contribution in [2.75, 3.05) is 19.6 Å². The number of hydrogen-bond acceptors (Lipinski definition) is 5. The van der Waals surface area contributed by atoms with Crippen molar-refractivity contribution < 1.29 is 13.2 Å². The topological polar surface area (TPSA) is 84.3 Å². The molecule has 1 fully saturated rings. The lowest BCUT2D eigenvalue weighted by Gasteiger charge is -2.15. The molecule has 0 unspecified atom stereocenters. The predicted molar refractivity (Wildman–Crippen MR) is 96.2 cm³/mol. The average molecular weight is 383 g/mol. The number of hydrogen-bond donors (Lipinski definition) is 1. The Morgan fingerprint density at radius 3 is 2.80 bits per heavy atom. The maximum Gasteiger partial charge on any atom is 0.262 e. The third-order valence-corrected chi connectivity index (χ3v) is 7.29. The van der Waals surface area contributed by atoms with Gasteiger partial charge in [-0.25, -0.2) is 13.4 Å². The molecular weight excluding hydrogens is 360 g/mol. The number of imidazole rings is 1. The predicted octanol–water partition coefficient (Wildman–Crippen LogP) is 1.86. The molecule has 3 rings (SSSR count). The molecule has 3 heterocycles. The minimum atomic E-state index is -3.57. The van der Waals surface area contributed by atoms with Gasteiger partial charge in [-0.1, -0.05) is 0 Å². The molecule has 1 aliphatic rings. The number of carbonyl (C=O) groups excluding carboxylic acids is 1. The number of thiophene rings is 1. The summed E-state index contributed by atoms with van der Waals surface area (Å²) in [4.78, 5) is 17.0. The van der Waals surface area contributed by atoms with Crippen molar-refractivity contribution in [2.24, 2.45) is 0 Å². The summed E-state index contributed by atoms with van der Waals surface area (Å²) < 4.78 is 28.9.